The predicted molar refractivity (Wildman–Crippen MR) is 76.7 cm³/mol. The number of carbonyl (C=O) groups excluding carboxylic acids is 1. The van der Waals surface area contributed by atoms with Gasteiger partial charge < -0.3 is 4.90 Å². The molecule has 0 aliphatic heterocycles. The van der Waals surface area contributed by atoms with Gasteiger partial charge >= 0.3 is 0 Å². The van der Waals surface area contributed by atoms with Crippen molar-refractivity contribution in [3.63, 3.8) is 0 Å². The predicted octanol–water partition coefficient (Wildman–Crippen LogP) is 4.17. The fraction of sp³-hybridized carbons (Fsp3) is 0.533. The monoisotopic (exact) mass is 265 g/mol. The van der Waals surface area contributed by atoms with Crippen molar-refractivity contribution < 1.29 is 4.79 Å². The lowest BCUT2D eigenvalue weighted by Gasteiger charge is -2.35. The number of carbonyl (C=O) groups is 1. The van der Waals surface area contributed by atoms with Crippen molar-refractivity contribution in [2.75, 3.05) is 11.9 Å². The molecule has 0 saturated heterocycles. The Hall–Kier alpha value is -1.02. The van der Waals surface area contributed by atoms with E-state index in [0.717, 1.165) is 17.9 Å². The Morgan fingerprint density at radius 1 is 1.39 bits per heavy atom. The molecule has 1 fully saturated rings. The van der Waals surface area contributed by atoms with Crippen LogP contribution in [0.25, 0.3) is 0 Å². The second kappa shape index (κ2) is 5.75. The van der Waals surface area contributed by atoms with Crippen molar-refractivity contribution in [2.45, 2.75) is 38.6 Å². The third-order valence-corrected chi connectivity index (χ3v) is 4.30. The first-order valence-electron chi connectivity index (χ1n) is 6.59. The quantitative estimate of drug-likeness (QED) is 0.765. The van der Waals surface area contributed by atoms with E-state index in [9.17, 15) is 4.79 Å². The Kier molecular flexibility index (Phi) is 4.28. The van der Waals surface area contributed by atoms with E-state index in [1.165, 1.54) is 25.7 Å². The van der Waals surface area contributed by atoms with Crippen molar-refractivity contribution in [1.29, 1.82) is 0 Å². The largest absolute Gasteiger partial charge is 0.372 e. The summed E-state index contributed by atoms with van der Waals surface area (Å²) in [5.41, 5.74) is 1.66. The first-order chi connectivity index (χ1) is 8.61. The molecule has 2 rings (SSSR count). The van der Waals surface area contributed by atoms with E-state index >= 15 is 0 Å². The molecule has 0 N–H and O–H groups in total. The fourth-order valence-corrected chi connectivity index (χ4v) is 3.02. The second-order valence-corrected chi connectivity index (χ2v) is 5.77. The Bertz CT molecular complexity index is 433. The summed E-state index contributed by atoms with van der Waals surface area (Å²) in [5, 5.41) is 0.540. The molecule has 1 aromatic rings. The first kappa shape index (κ1) is 13.4. The Morgan fingerprint density at radius 3 is 2.78 bits per heavy atom. The van der Waals surface area contributed by atoms with Crippen LogP contribution in [0.5, 0.6) is 0 Å². The molecular formula is C15H20ClNO. The maximum atomic E-state index is 10.8. The van der Waals surface area contributed by atoms with Crippen molar-refractivity contribution in [3.8, 4) is 0 Å². The van der Waals surface area contributed by atoms with Crippen LogP contribution in [-0.2, 0) is 0 Å². The number of hydrogen-bond acceptors (Lipinski definition) is 2. The molecule has 0 spiro atoms. The highest BCUT2D eigenvalue weighted by molar-refractivity contribution is 6.33. The van der Waals surface area contributed by atoms with Gasteiger partial charge in [-0.1, -0.05) is 31.4 Å². The zero-order valence-electron chi connectivity index (χ0n) is 11.0. The van der Waals surface area contributed by atoms with E-state index in [1.54, 1.807) is 6.07 Å². The van der Waals surface area contributed by atoms with Gasteiger partial charge in [0, 0.05) is 24.3 Å². The summed E-state index contributed by atoms with van der Waals surface area (Å²) in [5.74, 6) is 0.802. The number of aldehydes is 1. The zero-order valence-corrected chi connectivity index (χ0v) is 11.8. The van der Waals surface area contributed by atoms with Gasteiger partial charge in [-0.2, -0.15) is 0 Å². The van der Waals surface area contributed by atoms with Crippen LogP contribution in [0.1, 0.15) is 43.0 Å². The summed E-state index contributed by atoms with van der Waals surface area (Å²) >= 11 is 6.08. The molecule has 1 aliphatic carbocycles. The van der Waals surface area contributed by atoms with Crippen molar-refractivity contribution in [2.24, 2.45) is 5.92 Å². The SMILES string of the molecule is CC1CCCC(N(C)c2ccc(C=O)c(Cl)c2)C1. The minimum Gasteiger partial charge on any atom is -0.372 e. The molecule has 2 atom stereocenters. The molecule has 1 aromatic carbocycles. The maximum Gasteiger partial charge on any atom is 0.151 e. The lowest BCUT2D eigenvalue weighted by atomic mass is 9.86. The van der Waals surface area contributed by atoms with E-state index < -0.39 is 0 Å². The molecule has 1 saturated carbocycles. The highest BCUT2D eigenvalue weighted by atomic mass is 35.5. The maximum absolute atomic E-state index is 10.8. The first-order valence-corrected chi connectivity index (χ1v) is 6.97. The van der Waals surface area contributed by atoms with Crippen LogP contribution in [0, 0.1) is 5.92 Å². The van der Waals surface area contributed by atoms with Gasteiger partial charge in [0.2, 0.25) is 0 Å². The average molecular weight is 266 g/mol. The van der Waals surface area contributed by atoms with Crippen LogP contribution in [0.2, 0.25) is 5.02 Å². The van der Waals surface area contributed by atoms with Gasteiger partial charge in [-0.3, -0.25) is 4.79 Å². The minimum atomic E-state index is 0.540. The standard InChI is InChI=1S/C15H20ClNO/c1-11-4-3-5-13(8-11)17(2)14-7-6-12(10-18)15(16)9-14/h6-7,9-11,13H,3-5,8H2,1-2H3. The van der Waals surface area contributed by atoms with E-state index in [4.69, 9.17) is 11.6 Å². The van der Waals surface area contributed by atoms with Crippen LogP contribution in [0.15, 0.2) is 18.2 Å². The number of benzene rings is 1. The minimum absolute atomic E-state index is 0.540. The fourth-order valence-electron chi connectivity index (χ4n) is 2.80. The summed E-state index contributed by atoms with van der Waals surface area (Å²) in [4.78, 5) is 13.1. The molecule has 2 unspecified atom stereocenters. The lowest BCUT2D eigenvalue weighted by Crippen LogP contribution is -2.35. The highest BCUT2D eigenvalue weighted by Crippen LogP contribution is 2.31. The molecule has 0 radical (unpaired) electrons. The molecule has 1 aliphatic rings. The topological polar surface area (TPSA) is 20.3 Å². The van der Waals surface area contributed by atoms with Gasteiger partial charge in [0.25, 0.3) is 0 Å². The van der Waals surface area contributed by atoms with Crippen LogP contribution < -0.4 is 4.90 Å². The molecule has 0 aromatic heterocycles. The number of anilines is 1. The Morgan fingerprint density at radius 2 is 2.17 bits per heavy atom. The summed E-state index contributed by atoms with van der Waals surface area (Å²) in [6.45, 7) is 2.32. The van der Waals surface area contributed by atoms with Crippen LogP contribution in [-0.4, -0.2) is 19.4 Å². The summed E-state index contributed by atoms with van der Waals surface area (Å²) in [6.07, 6.45) is 5.93. The lowest BCUT2D eigenvalue weighted by molar-refractivity contribution is 0.112. The second-order valence-electron chi connectivity index (χ2n) is 5.36. The number of nitrogens with zero attached hydrogens (tertiary/aromatic N) is 1. The van der Waals surface area contributed by atoms with Crippen LogP contribution in [0.4, 0.5) is 5.69 Å². The molecule has 0 amide bonds. The molecule has 0 bridgehead atoms. The van der Waals surface area contributed by atoms with Crippen LogP contribution >= 0.6 is 11.6 Å². The van der Waals surface area contributed by atoms with Gasteiger partial charge in [-0.05, 0) is 37.0 Å². The van der Waals surface area contributed by atoms with Crippen molar-refractivity contribution >= 4 is 23.6 Å². The third kappa shape index (κ3) is 2.86. The zero-order chi connectivity index (χ0) is 13.1. The van der Waals surface area contributed by atoms with E-state index in [2.05, 4.69) is 18.9 Å². The number of rotatable bonds is 3. The summed E-state index contributed by atoms with van der Waals surface area (Å²) in [7, 11) is 2.12. The Labute approximate surface area is 114 Å². The third-order valence-electron chi connectivity index (χ3n) is 3.97. The number of hydrogen-bond donors (Lipinski definition) is 0. The molecule has 3 heteroatoms. The van der Waals surface area contributed by atoms with Gasteiger partial charge in [-0.15, -0.1) is 0 Å². The molecule has 98 valence electrons. The molecule has 2 nitrogen and oxygen atoms in total. The van der Waals surface area contributed by atoms with Crippen LogP contribution in [0.3, 0.4) is 0 Å². The van der Waals surface area contributed by atoms with E-state index in [1.807, 2.05) is 12.1 Å². The van der Waals surface area contributed by atoms with E-state index in [-0.39, 0.29) is 0 Å². The Balaban J connectivity index is 2.15. The smallest absolute Gasteiger partial charge is 0.151 e. The van der Waals surface area contributed by atoms with Gasteiger partial charge in [0.15, 0.2) is 6.29 Å². The molecule has 18 heavy (non-hydrogen) atoms. The average Bonchev–Trinajstić information content (AvgIpc) is 2.37. The molecular weight excluding hydrogens is 246 g/mol. The van der Waals surface area contributed by atoms with Crippen molar-refractivity contribution in [3.05, 3.63) is 28.8 Å². The van der Waals surface area contributed by atoms with Gasteiger partial charge in [-0.25, -0.2) is 0 Å². The van der Waals surface area contributed by atoms with E-state index in [0.29, 0.717) is 16.6 Å². The molecule has 0 heterocycles. The van der Waals surface area contributed by atoms with Crippen molar-refractivity contribution in [1.82, 2.24) is 0 Å². The summed E-state index contributed by atoms with van der Waals surface area (Å²) < 4.78 is 0. The van der Waals surface area contributed by atoms with Gasteiger partial charge in [0.05, 0.1) is 5.02 Å². The number of halogens is 1. The summed E-state index contributed by atoms with van der Waals surface area (Å²) in [6, 6.07) is 6.26. The normalized spacial score (nSPS) is 23.7. The highest BCUT2D eigenvalue weighted by Gasteiger charge is 2.22. The van der Waals surface area contributed by atoms with Gasteiger partial charge in [0.1, 0.15) is 0 Å².